The summed E-state index contributed by atoms with van der Waals surface area (Å²) in [5.74, 6) is 0.819. The number of aromatic nitrogens is 4. The van der Waals surface area contributed by atoms with Gasteiger partial charge in [-0.25, -0.2) is 19.9 Å². The third-order valence-corrected chi connectivity index (χ3v) is 7.52. The molecule has 38 heavy (non-hydrogen) atoms. The van der Waals surface area contributed by atoms with E-state index < -0.39 is 0 Å². The zero-order valence-electron chi connectivity index (χ0n) is 20.7. The number of thiazole rings is 1. The molecular formula is C29H27N7OS. The molecule has 1 fully saturated rings. The van der Waals surface area contributed by atoms with Crippen molar-refractivity contribution in [2.45, 2.75) is 25.3 Å². The average Bonchev–Trinajstić information content (AvgIpc) is 3.41. The van der Waals surface area contributed by atoms with Crippen LogP contribution in [0.3, 0.4) is 0 Å². The molecule has 0 saturated carbocycles. The molecule has 9 heteroatoms. The summed E-state index contributed by atoms with van der Waals surface area (Å²) in [6.45, 7) is 1.77. The van der Waals surface area contributed by atoms with Gasteiger partial charge in [0.05, 0.1) is 5.69 Å². The van der Waals surface area contributed by atoms with E-state index in [1.807, 2.05) is 66.7 Å². The Hall–Kier alpha value is -4.21. The van der Waals surface area contributed by atoms with Crippen molar-refractivity contribution in [2.24, 2.45) is 0 Å². The highest BCUT2D eigenvalue weighted by atomic mass is 32.1. The van der Waals surface area contributed by atoms with Crippen LogP contribution in [0.4, 0.5) is 11.5 Å². The summed E-state index contributed by atoms with van der Waals surface area (Å²) in [5.41, 5.74) is 3.47. The molecule has 190 valence electrons. The first-order valence-corrected chi connectivity index (χ1v) is 13.6. The molecule has 5 aromatic rings. The molecule has 4 heterocycles. The summed E-state index contributed by atoms with van der Waals surface area (Å²) in [6.07, 6.45) is 5.31. The molecule has 0 aliphatic carbocycles. The third-order valence-electron chi connectivity index (χ3n) is 6.50. The van der Waals surface area contributed by atoms with E-state index in [1.165, 1.54) is 24.2 Å². The van der Waals surface area contributed by atoms with Gasteiger partial charge in [-0.2, -0.15) is 0 Å². The lowest BCUT2D eigenvalue weighted by Crippen LogP contribution is -2.39. The normalized spacial score (nSPS) is 15.3. The highest BCUT2D eigenvalue weighted by Crippen LogP contribution is 2.34. The fourth-order valence-corrected chi connectivity index (χ4v) is 5.49. The molecule has 8 nitrogen and oxygen atoms in total. The summed E-state index contributed by atoms with van der Waals surface area (Å²) in [7, 11) is 0. The van der Waals surface area contributed by atoms with Crippen LogP contribution in [0.5, 0.6) is 0 Å². The minimum absolute atomic E-state index is 0.290. The van der Waals surface area contributed by atoms with Crippen molar-refractivity contribution in [1.82, 2.24) is 25.3 Å². The number of rotatable bonds is 7. The molecule has 1 saturated heterocycles. The number of hydrogen-bond acceptors (Lipinski definition) is 8. The molecule has 0 radical (unpaired) electrons. The van der Waals surface area contributed by atoms with Crippen LogP contribution < -0.4 is 16.0 Å². The highest BCUT2D eigenvalue weighted by Gasteiger charge is 2.18. The van der Waals surface area contributed by atoms with Crippen LogP contribution in [0.25, 0.3) is 32.3 Å². The number of benzene rings is 2. The molecule has 3 N–H and O–H groups in total. The highest BCUT2D eigenvalue weighted by molar-refractivity contribution is 7.21. The first kappa shape index (κ1) is 24.1. The Balaban J connectivity index is 1.29. The van der Waals surface area contributed by atoms with Crippen LogP contribution >= 0.6 is 11.3 Å². The first-order chi connectivity index (χ1) is 18.7. The Morgan fingerprint density at radius 1 is 0.974 bits per heavy atom. The lowest BCUT2D eigenvalue weighted by atomic mass is 10.1. The smallest absolute Gasteiger partial charge is 0.274 e. The Morgan fingerprint density at radius 2 is 1.84 bits per heavy atom. The van der Waals surface area contributed by atoms with Crippen molar-refractivity contribution >= 4 is 39.1 Å². The summed E-state index contributed by atoms with van der Waals surface area (Å²) < 4.78 is 0. The maximum atomic E-state index is 13.5. The van der Waals surface area contributed by atoms with Gasteiger partial charge in [-0.1, -0.05) is 60.2 Å². The fraction of sp³-hybridized carbons (Fsp3) is 0.207. The van der Waals surface area contributed by atoms with E-state index in [4.69, 9.17) is 9.97 Å². The van der Waals surface area contributed by atoms with Gasteiger partial charge in [-0.3, -0.25) is 4.79 Å². The maximum Gasteiger partial charge on any atom is 0.274 e. The second-order valence-corrected chi connectivity index (χ2v) is 10.2. The Morgan fingerprint density at radius 3 is 2.68 bits per heavy atom. The van der Waals surface area contributed by atoms with Gasteiger partial charge < -0.3 is 16.0 Å². The quantitative estimate of drug-likeness (QED) is 0.255. The third kappa shape index (κ3) is 5.39. The summed E-state index contributed by atoms with van der Waals surface area (Å²) in [6, 6.07) is 23.3. The number of pyridine rings is 1. The Bertz CT molecular complexity index is 1530. The summed E-state index contributed by atoms with van der Waals surface area (Å²) in [5, 5.41) is 10.8. The molecule has 2 aromatic carbocycles. The fourth-order valence-electron chi connectivity index (χ4n) is 4.55. The van der Waals surface area contributed by atoms with E-state index in [0.717, 1.165) is 46.0 Å². The predicted octanol–water partition coefficient (Wildman–Crippen LogP) is 5.62. The predicted molar refractivity (Wildman–Crippen MR) is 152 cm³/mol. The van der Waals surface area contributed by atoms with Gasteiger partial charge in [0, 0.05) is 36.0 Å². The van der Waals surface area contributed by atoms with Gasteiger partial charge in [0.1, 0.15) is 26.9 Å². The molecule has 1 aliphatic rings. The van der Waals surface area contributed by atoms with Crippen molar-refractivity contribution in [3.63, 3.8) is 0 Å². The zero-order valence-corrected chi connectivity index (χ0v) is 21.5. The van der Waals surface area contributed by atoms with Crippen LogP contribution in [0.1, 0.15) is 29.8 Å². The van der Waals surface area contributed by atoms with Crippen molar-refractivity contribution in [3.8, 4) is 22.0 Å². The molecule has 1 atom stereocenters. The lowest BCUT2D eigenvalue weighted by molar-refractivity contribution is 0.102. The number of carbonyl (C=O) groups excluding carboxylic acids is 1. The number of anilines is 2. The minimum Gasteiger partial charge on any atom is -0.368 e. The molecule has 1 amide bonds. The van der Waals surface area contributed by atoms with E-state index in [2.05, 4.69) is 25.9 Å². The van der Waals surface area contributed by atoms with Crippen molar-refractivity contribution < 1.29 is 4.79 Å². The van der Waals surface area contributed by atoms with Gasteiger partial charge >= 0.3 is 0 Å². The number of para-hydroxylation sites is 1. The van der Waals surface area contributed by atoms with E-state index in [1.54, 1.807) is 12.3 Å². The topological polar surface area (TPSA) is 105 Å². The average molecular weight is 522 g/mol. The molecule has 0 bridgehead atoms. The number of nitrogens with one attached hydrogen (secondary N) is 3. The largest absolute Gasteiger partial charge is 0.368 e. The molecule has 3 aromatic heterocycles. The SMILES string of the molecule is O=C(Nc1ccccc1-c1nc2cccnc2s1)c1cc(NCC2CCCCN2)nc(-c2ccccc2)n1. The number of nitrogens with zero attached hydrogens (tertiary/aromatic N) is 4. The maximum absolute atomic E-state index is 13.5. The standard InChI is InChI=1S/C29H27N7OS/c37-27(34-22-13-5-4-12-21(22)28-35-23-14-8-16-31-29(23)38-28)24-17-25(32-18-20-11-6-7-15-30-20)36-26(33-24)19-9-2-1-3-10-19/h1-5,8-10,12-14,16-17,20,30H,6-7,11,15,18H2,(H,34,37)(H,32,33,36). The van der Waals surface area contributed by atoms with E-state index in [9.17, 15) is 4.79 Å². The number of hydrogen-bond donors (Lipinski definition) is 3. The molecular weight excluding hydrogens is 494 g/mol. The number of piperidine rings is 1. The molecule has 0 spiro atoms. The van der Waals surface area contributed by atoms with Gasteiger partial charge in [-0.05, 0) is 43.7 Å². The molecule has 1 unspecified atom stereocenters. The molecule has 6 rings (SSSR count). The van der Waals surface area contributed by atoms with Crippen LogP contribution in [-0.2, 0) is 0 Å². The lowest BCUT2D eigenvalue weighted by Gasteiger charge is -2.24. The Kier molecular flexibility index (Phi) is 7.01. The number of carbonyl (C=O) groups is 1. The van der Waals surface area contributed by atoms with Crippen LogP contribution in [0.2, 0.25) is 0 Å². The van der Waals surface area contributed by atoms with Crippen LogP contribution in [-0.4, -0.2) is 45.0 Å². The van der Waals surface area contributed by atoms with Crippen molar-refractivity contribution in [1.29, 1.82) is 0 Å². The van der Waals surface area contributed by atoms with Gasteiger partial charge in [0.25, 0.3) is 5.91 Å². The Labute approximate surface area is 224 Å². The number of amides is 1. The van der Waals surface area contributed by atoms with Gasteiger partial charge in [0.2, 0.25) is 0 Å². The van der Waals surface area contributed by atoms with Crippen LogP contribution in [0.15, 0.2) is 79.0 Å². The van der Waals surface area contributed by atoms with E-state index in [-0.39, 0.29) is 5.91 Å². The van der Waals surface area contributed by atoms with E-state index >= 15 is 0 Å². The summed E-state index contributed by atoms with van der Waals surface area (Å²) >= 11 is 1.49. The monoisotopic (exact) mass is 521 g/mol. The number of fused-ring (bicyclic) bond motifs is 1. The zero-order chi connectivity index (χ0) is 25.7. The van der Waals surface area contributed by atoms with Crippen molar-refractivity contribution in [3.05, 3.63) is 84.7 Å². The first-order valence-electron chi connectivity index (χ1n) is 12.8. The van der Waals surface area contributed by atoms with Gasteiger partial charge in [-0.15, -0.1) is 0 Å². The molecule has 1 aliphatic heterocycles. The van der Waals surface area contributed by atoms with Crippen molar-refractivity contribution in [2.75, 3.05) is 23.7 Å². The van der Waals surface area contributed by atoms with Gasteiger partial charge in [0.15, 0.2) is 5.82 Å². The minimum atomic E-state index is -0.310. The second kappa shape index (κ2) is 11.0. The van der Waals surface area contributed by atoms with Crippen LogP contribution in [0, 0.1) is 0 Å². The van der Waals surface area contributed by atoms with E-state index in [0.29, 0.717) is 29.1 Å². The summed E-state index contributed by atoms with van der Waals surface area (Å²) in [4.78, 5) is 32.9. The second-order valence-electron chi connectivity index (χ2n) is 9.20.